The number of carbonyl (C=O) groups excluding carboxylic acids is 1. The summed E-state index contributed by atoms with van der Waals surface area (Å²) in [6, 6.07) is -0.108. The van der Waals surface area contributed by atoms with Gasteiger partial charge in [0.25, 0.3) is 5.91 Å². The van der Waals surface area contributed by atoms with E-state index in [9.17, 15) is 9.59 Å². The van der Waals surface area contributed by atoms with E-state index in [0.717, 1.165) is 12.4 Å². The molecule has 7 nitrogen and oxygen atoms in total. The highest BCUT2D eigenvalue weighted by atomic mass is 16.5. The molecule has 0 aromatic carbocycles. The van der Waals surface area contributed by atoms with Gasteiger partial charge in [0.2, 0.25) is 0 Å². The minimum atomic E-state index is -1.18. The van der Waals surface area contributed by atoms with Crippen molar-refractivity contribution in [2.24, 2.45) is 0 Å². The van der Waals surface area contributed by atoms with Crippen LogP contribution in [-0.2, 0) is 4.74 Å². The summed E-state index contributed by atoms with van der Waals surface area (Å²) in [7, 11) is 3.18. The summed E-state index contributed by atoms with van der Waals surface area (Å²) >= 11 is 0. The first-order valence-electron chi connectivity index (χ1n) is 5.28. The second-order valence-electron chi connectivity index (χ2n) is 3.81. The average Bonchev–Trinajstić information content (AvgIpc) is 2.37. The monoisotopic (exact) mass is 253 g/mol. The summed E-state index contributed by atoms with van der Waals surface area (Å²) in [5.41, 5.74) is -0.0930. The van der Waals surface area contributed by atoms with Gasteiger partial charge in [-0.3, -0.25) is 4.79 Å². The third kappa shape index (κ3) is 3.24. The van der Waals surface area contributed by atoms with Crippen LogP contribution in [0.5, 0.6) is 0 Å². The molecule has 1 heterocycles. The number of carboxylic acid groups (broad SMARTS) is 1. The molecule has 0 saturated carbocycles. The molecular formula is C11H15N3O4. The lowest BCUT2D eigenvalue weighted by atomic mass is 10.3. The molecule has 0 aliphatic carbocycles. The molecule has 18 heavy (non-hydrogen) atoms. The Balaban J connectivity index is 2.80. The van der Waals surface area contributed by atoms with Crippen LogP contribution in [0.25, 0.3) is 0 Å². The highest BCUT2D eigenvalue weighted by molar-refractivity contribution is 5.92. The van der Waals surface area contributed by atoms with Gasteiger partial charge in [0.15, 0.2) is 5.69 Å². The van der Waals surface area contributed by atoms with Crippen LogP contribution in [-0.4, -0.2) is 58.7 Å². The van der Waals surface area contributed by atoms with E-state index in [1.807, 2.05) is 6.92 Å². The lowest BCUT2D eigenvalue weighted by molar-refractivity contribution is 0.0624. The number of carbonyl (C=O) groups is 2. The smallest absolute Gasteiger partial charge is 0.356 e. The van der Waals surface area contributed by atoms with E-state index in [1.165, 1.54) is 4.90 Å². The SMILES string of the molecule is COCC(C)N(C)C(=O)c1cnc(C(=O)O)cn1. The van der Waals surface area contributed by atoms with Crippen LogP contribution >= 0.6 is 0 Å². The quantitative estimate of drug-likeness (QED) is 0.810. The van der Waals surface area contributed by atoms with Crippen LogP contribution in [0.2, 0.25) is 0 Å². The summed E-state index contributed by atoms with van der Waals surface area (Å²) in [5.74, 6) is -1.51. The van der Waals surface area contributed by atoms with Crippen LogP contribution in [0.15, 0.2) is 12.4 Å². The Kier molecular flexibility index (Phi) is 4.73. The number of aromatic carboxylic acids is 1. The summed E-state index contributed by atoms with van der Waals surface area (Å²) in [6.07, 6.45) is 2.21. The minimum Gasteiger partial charge on any atom is -0.476 e. The Morgan fingerprint density at radius 3 is 2.39 bits per heavy atom. The molecule has 0 radical (unpaired) electrons. The van der Waals surface area contributed by atoms with Crippen molar-refractivity contribution in [2.45, 2.75) is 13.0 Å². The van der Waals surface area contributed by atoms with Gasteiger partial charge in [0, 0.05) is 14.2 Å². The van der Waals surface area contributed by atoms with Crippen molar-refractivity contribution in [1.82, 2.24) is 14.9 Å². The zero-order valence-corrected chi connectivity index (χ0v) is 10.5. The Bertz CT molecular complexity index is 432. The van der Waals surface area contributed by atoms with E-state index >= 15 is 0 Å². The van der Waals surface area contributed by atoms with Gasteiger partial charge in [-0.05, 0) is 6.92 Å². The predicted molar refractivity (Wildman–Crippen MR) is 62.4 cm³/mol. The van der Waals surface area contributed by atoms with Gasteiger partial charge in [-0.15, -0.1) is 0 Å². The zero-order valence-electron chi connectivity index (χ0n) is 10.5. The number of hydrogen-bond donors (Lipinski definition) is 1. The maximum atomic E-state index is 12.0. The molecule has 0 saturated heterocycles. The number of nitrogens with zero attached hydrogens (tertiary/aromatic N) is 3. The molecule has 0 spiro atoms. The van der Waals surface area contributed by atoms with Crippen molar-refractivity contribution in [3.63, 3.8) is 0 Å². The van der Waals surface area contributed by atoms with E-state index in [0.29, 0.717) is 6.61 Å². The number of rotatable bonds is 5. The molecule has 0 aliphatic heterocycles. The van der Waals surface area contributed by atoms with E-state index in [4.69, 9.17) is 9.84 Å². The highest BCUT2D eigenvalue weighted by Crippen LogP contribution is 2.04. The van der Waals surface area contributed by atoms with Gasteiger partial charge in [0.05, 0.1) is 25.0 Å². The fourth-order valence-corrected chi connectivity index (χ4v) is 1.28. The van der Waals surface area contributed by atoms with E-state index < -0.39 is 5.97 Å². The maximum Gasteiger partial charge on any atom is 0.356 e. The summed E-state index contributed by atoms with van der Waals surface area (Å²) in [4.78, 5) is 31.5. The summed E-state index contributed by atoms with van der Waals surface area (Å²) < 4.78 is 4.95. The average molecular weight is 253 g/mol. The van der Waals surface area contributed by atoms with Crippen molar-refractivity contribution >= 4 is 11.9 Å². The Morgan fingerprint density at radius 1 is 1.39 bits per heavy atom. The molecule has 1 unspecified atom stereocenters. The summed E-state index contributed by atoms with van der Waals surface area (Å²) in [5, 5.41) is 8.67. The molecule has 1 rings (SSSR count). The fraction of sp³-hybridized carbons (Fsp3) is 0.455. The molecular weight excluding hydrogens is 238 g/mol. The molecule has 1 N–H and O–H groups in total. The molecule has 1 aromatic heterocycles. The van der Waals surface area contributed by atoms with Crippen LogP contribution in [0.1, 0.15) is 27.9 Å². The minimum absolute atomic E-state index is 0.102. The Morgan fingerprint density at radius 2 is 1.94 bits per heavy atom. The van der Waals surface area contributed by atoms with Gasteiger partial charge < -0.3 is 14.7 Å². The largest absolute Gasteiger partial charge is 0.476 e. The molecule has 1 aromatic rings. The van der Waals surface area contributed by atoms with Gasteiger partial charge >= 0.3 is 5.97 Å². The highest BCUT2D eigenvalue weighted by Gasteiger charge is 2.19. The summed E-state index contributed by atoms with van der Waals surface area (Å²) in [6.45, 7) is 2.24. The molecule has 7 heteroatoms. The lowest BCUT2D eigenvalue weighted by Crippen LogP contribution is -2.38. The van der Waals surface area contributed by atoms with E-state index in [2.05, 4.69) is 9.97 Å². The first-order chi connectivity index (χ1) is 8.47. The second-order valence-corrected chi connectivity index (χ2v) is 3.81. The first-order valence-corrected chi connectivity index (χ1v) is 5.28. The number of aromatic nitrogens is 2. The van der Waals surface area contributed by atoms with Crippen LogP contribution in [0.4, 0.5) is 0 Å². The predicted octanol–water partition coefficient (Wildman–Crippen LogP) is 0.282. The second kappa shape index (κ2) is 6.06. The molecule has 0 fully saturated rings. The number of carboxylic acids is 1. The Hall–Kier alpha value is -2.02. The maximum absolute atomic E-state index is 12.0. The first kappa shape index (κ1) is 14.0. The van der Waals surface area contributed by atoms with Crippen molar-refractivity contribution in [1.29, 1.82) is 0 Å². The van der Waals surface area contributed by atoms with Gasteiger partial charge in [-0.2, -0.15) is 0 Å². The van der Waals surface area contributed by atoms with Crippen molar-refractivity contribution in [2.75, 3.05) is 20.8 Å². The Labute approximate surface area is 104 Å². The number of likely N-dealkylation sites (N-methyl/N-ethyl adjacent to an activating group) is 1. The van der Waals surface area contributed by atoms with Crippen molar-refractivity contribution in [3.8, 4) is 0 Å². The number of methoxy groups -OCH3 is 1. The van der Waals surface area contributed by atoms with Gasteiger partial charge in [0.1, 0.15) is 5.69 Å². The topological polar surface area (TPSA) is 92.6 Å². The third-order valence-corrected chi connectivity index (χ3v) is 2.48. The lowest BCUT2D eigenvalue weighted by Gasteiger charge is -2.23. The van der Waals surface area contributed by atoms with Crippen molar-refractivity contribution < 1.29 is 19.4 Å². The molecule has 1 atom stereocenters. The van der Waals surface area contributed by atoms with E-state index in [-0.39, 0.29) is 23.3 Å². The zero-order chi connectivity index (χ0) is 13.7. The number of hydrogen-bond acceptors (Lipinski definition) is 5. The van der Waals surface area contributed by atoms with Gasteiger partial charge in [-0.25, -0.2) is 14.8 Å². The van der Waals surface area contributed by atoms with Crippen LogP contribution < -0.4 is 0 Å². The fourth-order valence-electron chi connectivity index (χ4n) is 1.28. The van der Waals surface area contributed by atoms with Crippen LogP contribution in [0.3, 0.4) is 0 Å². The molecule has 0 bridgehead atoms. The molecule has 98 valence electrons. The molecule has 1 amide bonds. The van der Waals surface area contributed by atoms with E-state index in [1.54, 1.807) is 14.2 Å². The number of amides is 1. The standard InChI is InChI=1S/C11H15N3O4/c1-7(6-18-3)14(2)10(15)8-4-13-9(5-12-8)11(16)17/h4-5,7H,6H2,1-3H3,(H,16,17). The molecule has 0 aliphatic rings. The normalized spacial score (nSPS) is 11.9. The van der Waals surface area contributed by atoms with Crippen LogP contribution in [0, 0.1) is 0 Å². The van der Waals surface area contributed by atoms with Crippen molar-refractivity contribution in [3.05, 3.63) is 23.8 Å². The number of ether oxygens (including phenoxy) is 1. The third-order valence-electron chi connectivity index (χ3n) is 2.48. The van der Waals surface area contributed by atoms with Gasteiger partial charge in [-0.1, -0.05) is 0 Å².